The van der Waals surface area contributed by atoms with E-state index in [-0.39, 0.29) is 0 Å². The zero-order chi connectivity index (χ0) is 9.52. The molecule has 1 atom stereocenters. The van der Waals surface area contributed by atoms with Crippen LogP contribution in [0.5, 0.6) is 0 Å². The standard InChI is InChI=1S/C11H23NO/c1-3-4-10(2)12-7-8-13-9-11-5-6-11/h10-12H,3-9H2,1-2H3. The summed E-state index contributed by atoms with van der Waals surface area (Å²) in [5.41, 5.74) is 0. The van der Waals surface area contributed by atoms with E-state index in [0.29, 0.717) is 6.04 Å². The van der Waals surface area contributed by atoms with Gasteiger partial charge in [0, 0.05) is 19.2 Å². The predicted octanol–water partition coefficient (Wildman–Crippen LogP) is 2.19. The molecular weight excluding hydrogens is 162 g/mol. The summed E-state index contributed by atoms with van der Waals surface area (Å²) in [4.78, 5) is 0. The highest BCUT2D eigenvalue weighted by molar-refractivity contribution is 4.72. The minimum atomic E-state index is 0.648. The van der Waals surface area contributed by atoms with Crippen molar-refractivity contribution >= 4 is 0 Å². The SMILES string of the molecule is CCCC(C)NCCOCC1CC1. The Balaban J connectivity index is 1.76. The van der Waals surface area contributed by atoms with Crippen molar-refractivity contribution in [3.05, 3.63) is 0 Å². The Kier molecular flexibility index (Phi) is 5.40. The smallest absolute Gasteiger partial charge is 0.0591 e. The molecule has 2 heteroatoms. The summed E-state index contributed by atoms with van der Waals surface area (Å²) in [6.07, 6.45) is 5.30. The lowest BCUT2D eigenvalue weighted by atomic mass is 10.2. The van der Waals surface area contributed by atoms with Gasteiger partial charge < -0.3 is 10.1 Å². The predicted molar refractivity (Wildman–Crippen MR) is 55.9 cm³/mol. The summed E-state index contributed by atoms with van der Waals surface area (Å²) in [5, 5.41) is 3.45. The van der Waals surface area contributed by atoms with E-state index in [1.807, 2.05) is 0 Å². The highest BCUT2D eigenvalue weighted by Gasteiger charge is 2.20. The molecular formula is C11H23NO. The number of ether oxygens (including phenoxy) is 1. The second-order valence-corrected chi connectivity index (χ2v) is 4.16. The van der Waals surface area contributed by atoms with Crippen LogP contribution in [0.25, 0.3) is 0 Å². The van der Waals surface area contributed by atoms with Crippen LogP contribution < -0.4 is 5.32 Å². The first-order valence-electron chi connectivity index (χ1n) is 5.64. The summed E-state index contributed by atoms with van der Waals surface area (Å²) in [6, 6.07) is 0.648. The fourth-order valence-electron chi connectivity index (χ4n) is 1.45. The maximum absolute atomic E-state index is 5.52. The fraction of sp³-hybridized carbons (Fsp3) is 1.00. The third-order valence-corrected chi connectivity index (χ3v) is 2.51. The quantitative estimate of drug-likeness (QED) is 0.585. The van der Waals surface area contributed by atoms with E-state index in [0.717, 1.165) is 25.7 Å². The third-order valence-electron chi connectivity index (χ3n) is 2.51. The molecule has 0 amide bonds. The second kappa shape index (κ2) is 6.39. The van der Waals surface area contributed by atoms with E-state index in [9.17, 15) is 0 Å². The largest absolute Gasteiger partial charge is 0.380 e. The molecule has 1 unspecified atom stereocenters. The topological polar surface area (TPSA) is 21.3 Å². The highest BCUT2D eigenvalue weighted by Crippen LogP contribution is 2.28. The average Bonchev–Trinajstić information content (AvgIpc) is 2.88. The summed E-state index contributed by atoms with van der Waals surface area (Å²) >= 11 is 0. The maximum Gasteiger partial charge on any atom is 0.0591 e. The van der Waals surface area contributed by atoms with Crippen LogP contribution in [0.4, 0.5) is 0 Å². The normalized spacial score (nSPS) is 18.9. The highest BCUT2D eigenvalue weighted by atomic mass is 16.5. The Hall–Kier alpha value is -0.0800. The van der Waals surface area contributed by atoms with Crippen LogP contribution in [0, 0.1) is 5.92 Å². The minimum Gasteiger partial charge on any atom is -0.380 e. The van der Waals surface area contributed by atoms with Crippen LogP contribution in [0.1, 0.15) is 39.5 Å². The summed E-state index contributed by atoms with van der Waals surface area (Å²) < 4.78 is 5.52. The number of hydrogen-bond donors (Lipinski definition) is 1. The molecule has 0 spiro atoms. The molecule has 1 rings (SSSR count). The first-order valence-corrected chi connectivity index (χ1v) is 5.64. The summed E-state index contributed by atoms with van der Waals surface area (Å²) in [7, 11) is 0. The number of rotatable bonds is 8. The van der Waals surface area contributed by atoms with Crippen molar-refractivity contribution in [3.63, 3.8) is 0 Å². The molecule has 0 saturated heterocycles. The Bertz CT molecular complexity index is 123. The van der Waals surface area contributed by atoms with Crippen molar-refractivity contribution in [2.45, 2.75) is 45.6 Å². The van der Waals surface area contributed by atoms with Crippen molar-refractivity contribution in [1.82, 2.24) is 5.32 Å². The molecule has 0 aromatic heterocycles. The van der Waals surface area contributed by atoms with Gasteiger partial charge in [-0.1, -0.05) is 13.3 Å². The lowest BCUT2D eigenvalue weighted by Crippen LogP contribution is -2.29. The average molecular weight is 185 g/mol. The van der Waals surface area contributed by atoms with E-state index < -0.39 is 0 Å². The Morgan fingerprint density at radius 2 is 2.23 bits per heavy atom. The van der Waals surface area contributed by atoms with Crippen molar-refractivity contribution in [2.75, 3.05) is 19.8 Å². The van der Waals surface area contributed by atoms with Crippen molar-refractivity contribution in [2.24, 2.45) is 5.92 Å². The lowest BCUT2D eigenvalue weighted by Gasteiger charge is -2.12. The molecule has 78 valence electrons. The number of hydrogen-bond acceptors (Lipinski definition) is 2. The Labute approximate surface area is 82.0 Å². The van der Waals surface area contributed by atoms with Gasteiger partial charge in [-0.3, -0.25) is 0 Å². The van der Waals surface area contributed by atoms with Gasteiger partial charge in [0.1, 0.15) is 0 Å². The van der Waals surface area contributed by atoms with Gasteiger partial charge in [-0.25, -0.2) is 0 Å². The monoisotopic (exact) mass is 185 g/mol. The molecule has 1 aliphatic rings. The molecule has 0 aromatic carbocycles. The number of nitrogens with one attached hydrogen (secondary N) is 1. The maximum atomic E-state index is 5.52. The van der Waals surface area contributed by atoms with Gasteiger partial charge in [0.15, 0.2) is 0 Å². The van der Waals surface area contributed by atoms with Crippen LogP contribution >= 0.6 is 0 Å². The van der Waals surface area contributed by atoms with E-state index in [1.165, 1.54) is 25.7 Å². The molecule has 1 saturated carbocycles. The third kappa shape index (κ3) is 6.05. The van der Waals surface area contributed by atoms with Crippen LogP contribution in [-0.2, 0) is 4.74 Å². The van der Waals surface area contributed by atoms with Gasteiger partial charge in [0.25, 0.3) is 0 Å². The Morgan fingerprint density at radius 3 is 2.85 bits per heavy atom. The molecule has 0 bridgehead atoms. The summed E-state index contributed by atoms with van der Waals surface area (Å²) in [5.74, 6) is 0.896. The van der Waals surface area contributed by atoms with Crippen molar-refractivity contribution in [3.8, 4) is 0 Å². The summed E-state index contributed by atoms with van der Waals surface area (Å²) in [6.45, 7) is 7.34. The van der Waals surface area contributed by atoms with Gasteiger partial charge in [-0.05, 0) is 32.1 Å². The second-order valence-electron chi connectivity index (χ2n) is 4.16. The van der Waals surface area contributed by atoms with Crippen LogP contribution in [-0.4, -0.2) is 25.8 Å². The Morgan fingerprint density at radius 1 is 1.46 bits per heavy atom. The van der Waals surface area contributed by atoms with E-state index in [2.05, 4.69) is 19.2 Å². The van der Waals surface area contributed by atoms with Crippen molar-refractivity contribution < 1.29 is 4.74 Å². The van der Waals surface area contributed by atoms with Crippen molar-refractivity contribution in [1.29, 1.82) is 0 Å². The zero-order valence-corrected chi connectivity index (χ0v) is 9.01. The molecule has 1 aliphatic carbocycles. The first kappa shape index (κ1) is 11.0. The molecule has 1 fully saturated rings. The first-order chi connectivity index (χ1) is 6.33. The van der Waals surface area contributed by atoms with Gasteiger partial charge in [0.2, 0.25) is 0 Å². The fourth-order valence-corrected chi connectivity index (χ4v) is 1.45. The van der Waals surface area contributed by atoms with Crippen LogP contribution in [0.2, 0.25) is 0 Å². The van der Waals surface area contributed by atoms with E-state index >= 15 is 0 Å². The van der Waals surface area contributed by atoms with E-state index in [1.54, 1.807) is 0 Å². The molecule has 0 aliphatic heterocycles. The van der Waals surface area contributed by atoms with Gasteiger partial charge in [-0.2, -0.15) is 0 Å². The van der Waals surface area contributed by atoms with Crippen LogP contribution in [0.15, 0.2) is 0 Å². The molecule has 13 heavy (non-hydrogen) atoms. The minimum absolute atomic E-state index is 0.648. The zero-order valence-electron chi connectivity index (χ0n) is 9.01. The van der Waals surface area contributed by atoms with Gasteiger partial charge in [-0.15, -0.1) is 0 Å². The molecule has 1 N–H and O–H groups in total. The molecule has 0 radical (unpaired) electrons. The van der Waals surface area contributed by atoms with E-state index in [4.69, 9.17) is 4.74 Å². The van der Waals surface area contributed by atoms with Gasteiger partial charge >= 0.3 is 0 Å². The molecule has 0 aromatic rings. The van der Waals surface area contributed by atoms with Gasteiger partial charge in [0.05, 0.1) is 6.61 Å². The molecule has 2 nitrogen and oxygen atoms in total. The molecule has 0 heterocycles. The lowest BCUT2D eigenvalue weighted by molar-refractivity contribution is 0.124. The van der Waals surface area contributed by atoms with Crippen LogP contribution in [0.3, 0.4) is 0 Å².